The highest BCUT2D eigenvalue weighted by Crippen LogP contribution is 2.31. The van der Waals surface area contributed by atoms with Gasteiger partial charge in [-0.15, -0.1) is 11.3 Å². The zero-order valence-electron chi connectivity index (χ0n) is 12.8. The molecule has 0 aliphatic carbocycles. The summed E-state index contributed by atoms with van der Waals surface area (Å²) >= 11 is 7.37. The van der Waals surface area contributed by atoms with E-state index >= 15 is 0 Å². The molecule has 25 heavy (non-hydrogen) atoms. The van der Waals surface area contributed by atoms with Gasteiger partial charge in [0.2, 0.25) is 0 Å². The molecule has 7 heteroatoms. The maximum atomic E-state index is 12.5. The fraction of sp³-hybridized carbons (Fsp3) is 0. The van der Waals surface area contributed by atoms with Gasteiger partial charge in [-0.2, -0.15) is 0 Å². The van der Waals surface area contributed by atoms with E-state index in [1.54, 1.807) is 18.5 Å². The van der Waals surface area contributed by atoms with Crippen molar-refractivity contribution in [3.63, 3.8) is 0 Å². The number of rotatable bonds is 3. The number of benzene rings is 1. The quantitative estimate of drug-likeness (QED) is 0.572. The number of hydrogen-bond donors (Lipinski definition) is 1. The summed E-state index contributed by atoms with van der Waals surface area (Å²) in [4.78, 5) is 25.6. The normalized spacial score (nSPS) is 10.8. The van der Waals surface area contributed by atoms with Gasteiger partial charge in [-0.05, 0) is 30.3 Å². The molecule has 1 aromatic carbocycles. The second kappa shape index (κ2) is 6.58. The van der Waals surface area contributed by atoms with Gasteiger partial charge < -0.3 is 5.32 Å². The van der Waals surface area contributed by atoms with Crippen LogP contribution in [0.25, 0.3) is 21.5 Å². The van der Waals surface area contributed by atoms with E-state index in [2.05, 4.69) is 20.3 Å². The molecule has 0 fully saturated rings. The standard InChI is InChI=1S/C18H11ClN4OS/c19-16-15(25-18(23-16)12-5-3-9-20-10-12)17(24)22-14-8-7-11-4-1-2-6-13(11)21-14/h1-10H,(H,21,22,24). The highest BCUT2D eigenvalue weighted by Gasteiger charge is 2.18. The lowest BCUT2D eigenvalue weighted by molar-refractivity contribution is 0.103. The highest BCUT2D eigenvalue weighted by molar-refractivity contribution is 7.17. The van der Waals surface area contributed by atoms with E-state index in [9.17, 15) is 4.79 Å². The third kappa shape index (κ3) is 3.22. The first-order valence-corrected chi connectivity index (χ1v) is 8.64. The molecule has 0 bridgehead atoms. The van der Waals surface area contributed by atoms with E-state index in [0.29, 0.717) is 15.7 Å². The fourth-order valence-corrected chi connectivity index (χ4v) is 3.54. The Hall–Kier alpha value is -2.83. The van der Waals surface area contributed by atoms with Crippen LogP contribution in [0.15, 0.2) is 60.9 Å². The molecule has 1 amide bonds. The molecule has 0 aliphatic rings. The SMILES string of the molecule is O=C(Nc1ccc2ccccc2n1)c1sc(-c2cccnc2)nc1Cl. The van der Waals surface area contributed by atoms with Crippen LogP contribution < -0.4 is 5.32 Å². The van der Waals surface area contributed by atoms with E-state index in [1.807, 2.05) is 42.5 Å². The summed E-state index contributed by atoms with van der Waals surface area (Å²) in [7, 11) is 0. The second-order valence-corrected chi connectivity index (χ2v) is 6.58. The van der Waals surface area contributed by atoms with E-state index in [4.69, 9.17) is 11.6 Å². The Morgan fingerprint density at radius 1 is 1.04 bits per heavy atom. The predicted molar refractivity (Wildman–Crippen MR) is 100 cm³/mol. The summed E-state index contributed by atoms with van der Waals surface area (Å²) in [5.41, 5.74) is 1.63. The Morgan fingerprint density at radius 2 is 1.92 bits per heavy atom. The van der Waals surface area contributed by atoms with Crippen LogP contribution in [0, 0.1) is 0 Å². The number of carbonyl (C=O) groups excluding carboxylic acids is 1. The number of halogens is 1. The van der Waals surface area contributed by atoms with Crippen molar-refractivity contribution in [3.05, 3.63) is 71.0 Å². The van der Waals surface area contributed by atoms with Crippen molar-refractivity contribution in [1.29, 1.82) is 0 Å². The van der Waals surface area contributed by atoms with Crippen LogP contribution in [-0.4, -0.2) is 20.9 Å². The number of thiazole rings is 1. The van der Waals surface area contributed by atoms with Gasteiger partial charge in [0.15, 0.2) is 5.15 Å². The number of carbonyl (C=O) groups is 1. The smallest absolute Gasteiger partial charge is 0.270 e. The van der Waals surface area contributed by atoms with Gasteiger partial charge in [-0.1, -0.05) is 29.8 Å². The first-order valence-electron chi connectivity index (χ1n) is 7.44. The molecule has 0 spiro atoms. The molecule has 0 atom stereocenters. The molecular formula is C18H11ClN4OS. The number of nitrogens with one attached hydrogen (secondary N) is 1. The van der Waals surface area contributed by atoms with Gasteiger partial charge >= 0.3 is 0 Å². The molecular weight excluding hydrogens is 356 g/mol. The third-order valence-corrected chi connectivity index (χ3v) is 5.03. The van der Waals surface area contributed by atoms with Crippen molar-refractivity contribution in [2.75, 3.05) is 5.32 Å². The molecule has 1 N–H and O–H groups in total. The molecule has 5 nitrogen and oxygen atoms in total. The van der Waals surface area contributed by atoms with Gasteiger partial charge in [0, 0.05) is 23.3 Å². The number of amides is 1. The van der Waals surface area contributed by atoms with Crippen LogP contribution in [0.1, 0.15) is 9.67 Å². The summed E-state index contributed by atoms with van der Waals surface area (Å²) in [6, 6.07) is 15.1. The summed E-state index contributed by atoms with van der Waals surface area (Å²) < 4.78 is 0. The fourth-order valence-electron chi connectivity index (χ4n) is 2.36. The Morgan fingerprint density at radius 3 is 2.76 bits per heavy atom. The average molecular weight is 367 g/mol. The van der Waals surface area contributed by atoms with E-state index < -0.39 is 0 Å². The Kier molecular flexibility index (Phi) is 4.13. The number of para-hydroxylation sites is 1. The van der Waals surface area contributed by atoms with Crippen LogP contribution in [0.4, 0.5) is 5.82 Å². The van der Waals surface area contributed by atoms with Gasteiger partial charge in [0.25, 0.3) is 5.91 Å². The zero-order valence-corrected chi connectivity index (χ0v) is 14.4. The van der Waals surface area contributed by atoms with E-state index in [-0.39, 0.29) is 11.1 Å². The van der Waals surface area contributed by atoms with E-state index in [1.165, 1.54) is 11.3 Å². The lowest BCUT2D eigenvalue weighted by atomic mass is 10.2. The molecule has 4 rings (SSSR count). The number of fused-ring (bicyclic) bond motifs is 1. The first kappa shape index (κ1) is 15.7. The lowest BCUT2D eigenvalue weighted by Gasteiger charge is -2.04. The predicted octanol–water partition coefficient (Wildman–Crippen LogP) is 4.66. The molecule has 0 saturated heterocycles. The van der Waals surface area contributed by atoms with Crippen LogP contribution >= 0.6 is 22.9 Å². The molecule has 0 saturated carbocycles. The van der Waals surface area contributed by atoms with Gasteiger partial charge in [0.1, 0.15) is 15.7 Å². The number of nitrogens with zero attached hydrogens (tertiary/aromatic N) is 3. The maximum absolute atomic E-state index is 12.5. The lowest BCUT2D eigenvalue weighted by Crippen LogP contribution is -2.11. The van der Waals surface area contributed by atoms with Gasteiger partial charge in [-0.3, -0.25) is 9.78 Å². The number of aromatic nitrogens is 3. The van der Waals surface area contributed by atoms with Crippen LogP contribution in [-0.2, 0) is 0 Å². The summed E-state index contributed by atoms with van der Waals surface area (Å²) in [5, 5.41) is 4.60. The number of anilines is 1. The topological polar surface area (TPSA) is 67.8 Å². The van der Waals surface area contributed by atoms with Crippen molar-refractivity contribution in [2.45, 2.75) is 0 Å². The highest BCUT2D eigenvalue weighted by atomic mass is 35.5. The molecule has 0 aliphatic heterocycles. The zero-order chi connectivity index (χ0) is 17.2. The molecule has 3 aromatic heterocycles. The number of pyridine rings is 2. The molecule has 122 valence electrons. The van der Waals surface area contributed by atoms with Crippen LogP contribution in [0.5, 0.6) is 0 Å². The Balaban J connectivity index is 1.61. The average Bonchev–Trinajstić information content (AvgIpc) is 3.04. The van der Waals surface area contributed by atoms with Crippen LogP contribution in [0.3, 0.4) is 0 Å². The minimum atomic E-state index is -0.333. The van der Waals surface area contributed by atoms with Crippen molar-refractivity contribution in [3.8, 4) is 10.6 Å². The molecule has 3 heterocycles. The molecule has 0 radical (unpaired) electrons. The number of hydrogen-bond acceptors (Lipinski definition) is 5. The molecule has 0 unspecified atom stereocenters. The monoisotopic (exact) mass is 366 g/mol. The minimum Gasteiger partial charge on any atom is -0.306 e. The summed E-state index contributed by atoms with van der Waals surface area (Å²) in [5.74, 6) is 0.136. The maximum Gasteiger partial charge on any atom is 0.270 e. The summed E-state index contributed by atoms with van der Waals surface area (Å²) in [6.07, 6.45) is 3.36. The van der Waals surface area contributed by atoms with Crippen molar-refractivity contribution in [1.82, 2.24) is 15.0 Å². The largest absolute Gasteiger partial charge is 0.306 e. The van der Waals surface area contributed by atoms with Crippen molar-refractivity contribution < 1.29 is 4.79 Å². The van der Waals surface area contributed by atoms with Crippen molar-refractivity contribution >= 4 is 45.6 Å². The summed E-state index contributed by atoms with van der Waals surface area (Å²) in [6.45, 7) is 0. The van der Waals surface area contributed by atoms with Gasteiger partial charge in [-0.25, -0.2) is 9.97 Å². The van der Waals surface area contributed by atoms with Crippen LogP contribution in [0.2, 0.25) is 5.15 Å². The van der Waals surface area contributed by atoms with Gasteiger partial charge in [0.05, 0.1) is 5.52 Å². The minimum absolute atomic E-state index is 0.169. The second-order valence-electron chi connectivity index (χ2n) is 5.22. The van der Waals surface area contributed by atoms with E-state index in [0.717, 1.165) is 16.5 Å². The Labute approximate surface area is 152 Å². The third-order valence-electron chi connectivity index (χ3n) is 3.54. The first-order chi connectivity index (χ1) is 12.2. The Bertz CT molecular complexity index is 1070. The van der Waals surface area contributed by atoms with Crippen molar-refractivity contribution in [2.24, 2.45) is 0 Å². The molecule has 4 aromatic rings.